The zero-order valence-corrected chi connectivity index (χ0v) is 17.9. The molecule has 7 heteroatoms. The van der Waals surface area contributed by atoms with Crippen molar-refractivity contribution in [3.05, 3.63) is 101 Å². The summed E-state index contributed by atoms with van der Waals surface area (Å²) in [6, 6.07) is 16.6. The molecule has 0 unspecified atom stereocenters. The fourth-order valence-corrected chi connectivity index (χ4v) is 3.21. The number of allylic oxidation sites excluding steroid dienone is 2. The first-order valence-electron chi connectivity index (χ1n) is 10.0. The van der Waals surface area contributed by atoms with E-state index in [0.717, 1.165) is 12.0 Å². The Morgan fingerprint density at radius 3 is 2.22 bits per heavy atom. The maximum atomic E-state index is 12.5. The molecular weight excluding hydrogens is 408 g/mol. The van der Waals surface area contributed by atoms with Crippen LogP contribution in [0.15, 0.2) is 90.3 Å². The van der Waals surface area contributed by atoms with E-state index in [9.17, 15) is 14.4 Å². The highest BCUT2D eigenvalue weighted by Crippen LogP contribution is 2.26. The van der Waals surface area contributed by atoms with E-state index in [0.29, 0.717) is 17.8 Å². The summed E-state index contributed by atoms with van der Waals surface area (Å²) in [5.74, 6) is -1.55. The minimum absolute atomic E-state index is 0.0180. The molecule has 0 aromatic heterocycles. The van der Waals surface area contributed by atoms with Gasteiger partial charge in [0.15, 0.2) is 0 Å². The second kappa shape index (κ2) is 10.8. The minimum atomic E-state index is -0.690. The summed E-state index contributed by atoms with van der Waals surface area (Å²) < 4.78 is 9.70. The van der Waals surface area contributed by atoms with Crippen molar-refractivity contribution in [3.8, 4) is 0 Å². The fourth-order valence-electron chi connectivity index (χ4n) is 3.21. The molecule has 32 heavy (non-hydrogen) atoms. The smallest absolute Gasteiger partial charge is 0.355 e. The zero-order valence-electron chi connectivity index (χ0n) is 17.9. The first-order chi connectivity index (χ1) is 15.5. The van der Waals surface area contributed by atoms with Gasteiger partial charge in [-0.25, -0.2) is 9.59 Å². The summed E-state index contributed by atoms with van der Waals surface area (Å²) >= 11 is 0. The van der Waals surface area contributed by atoms with Crippen LogP contribution in [0.1, 0.15) is 15.9 Å². The Labute approximate surface area is 186 Å². The summed E-state index contributed by atoms with van der Waals surface area (Å²) in [6.45, 7) is 0.517. The highest BCUT2D eigenvalue weighted by atomic mass is 16.5. The first-order valence-corrected chi connectivity index (χ1v) is 10.0. The molecule has 0 fully saturated rings. The lowest BCUT2D eigenvalue weighted by molar-refractivity contribution is -0.139. The monoisotopic (exact) mass is 432 g/mol. The standard InChI is InChI=1S/C25H24N2O5/c1-31-24(29)21-10-6-7-17-27(22(21)25(30)32-2)20-13-11-19(12-14-20)23(28)26-16-15-18-8-4-3-5-9-18/h3-14,17H,15-16H2,1-2H3,(H,26,28). The molecule has 2 aromatic carbocycles. The number of nitrogens with one attached hydrogen (secondary N) is 1. The Morgan fingerprint density at radius 2 is 1.56 bits per heavy atom. The third-order valence-electron chi connectivity index (χ3n) is 4.84. The van der Waals surface area contributed by atoms with E-state index in [4.69, 9.17) is 9.47 Å². The molecule has 0 radical (unpaired) electrons. The van der Waals surface area contributed by atoms with Crippen LogP contribution in [0.4, 0.5) is 5.69 Å². The highest BCUT2D eigenvalue weighted by molar-refractivity contribution is 6.05. The van der Waals surface area contributed by atoms with Gasteiger partial charge in [0.2, 0.25) is 0 Å². The number of benzene rings is 2. The Bertz CT molecular complexity index is 1070. The molecule has 0 saturated carbocycles. The van der Waals surface area contributed by atoms with Gasteiger partial charge in [-0.05, 0) is 48.4 Å². The van der Waals surface area contributed by atoms with E-state index in [1.807, 2.05) is 30.3 Å². The summed E-state index contributed by atoms with van der Waals surface area (Å²) in [4.78, 5) is 38.7. The van der Waals surface area contributed by atoms with Crippen molar-refractivity contribution in [1.29, 1.82) is 0 Å². The second-order valence-corrected chi connectivity index (χ2v) is 6.85. The molecule has 7 nitrogen and oxygen atoms in total. The van der Waals surface area contributed by atoms with Gasteiger partial charge < -0.3 is 19.7 Å². The van der Waals surface area contributed by atoms with Crippen LogP contribution in [0.5, 0.6) is 0 Å². The number of methoxy groups -OCH3 is 2. The van der Waals surface area contributed by atoms with E-state index in [1.165, 1.54) is 25.2 Å². The molecular formula is C25H24N2O5. The zero-order chi connectivity index (χ0) is 22.9. The number of carbonyl (C=O) groups excluding carboxylic acids is 3. The van der Waals surface area contributed by atoms with E-state index in [1.54, 1.807) is 42.6 Å². The molecule has 3 rings (SSSR count). The Morgan fingerprint density at radius 1 is 0.875 bits per heavy atom. The van der Waals surface area contributed by atoms with Gasteiger partial charge >= 0.3 is 11.9 Å². The molecule has 1 amide bonds. The molecule has 0 spiro atoms. The van der Waals surface area contributed by atoms with Crippen LogP contribution in [-0.4, -0.2) is 38.6 Å². The van der Waals surface area contributed by atoms with E-state index >= 15 is 0 Å². The Kier molecular flexibility index (Phi) is 7.59. The Balaban J connectivity index is 1.78. The van der Waals surface area contributed by atoms with Gasteiger partial charge in [0.1, 0.15) is 5.70 Å². The van der Waals surface area contributed by atoms with Gasteiger partial charge in [0.05, 0.1) is 19.8 Å². The lowest BCUT2D eigenvalue weighted by Gasteiger charge is -2.23. The van der Waals surface area contributed by atoms with Gasteiger partial charge in [-0.3, -0.25) is 4.79 Å². The van der Waals surface area contributed by atoms with Crippen molar-refractivity contribution in [1.82, 2.24) is 5.32 Å². The molecule has 2 aromatic rings. The SMILES string of the molecule is COC(=O)C1=C(C(=O)OC)N(c2ccc(C(=O)NCCc3ccccc3)cc2)C=CC=C1. The molecule has 1 aliphatic rings. The summed E-state index contributed by atoms with van der Waals surface area (Å²) in [5.41, 5.74) is 2.29. The number of rotatable bonds is 7. The van der Waals surface area contributed by atoms with Crippen molar-refractivity contribution in [2.75, 3.05) is 25.7 Å². The van der Waals surface area contributed by atoms with Crippen LogP contribution < -0.4 is 10.2 Å². The van der Waals surface area contributed by atoms with Gasteiger partial charge in [-0.2, -0.15) is 0 Å². The van der Waals surface area contributed by atoms with Crippen LogP contribution in [0.2, 0.25) is 0 Å². The van der Waals surface area contributed by atoms with Crippen LogP contribution in [-0.2, 0) is 25.5 Å². The van der Waals surface area contributed by atoms with Crippen molar-refractivity contribution in [3.63, 3.8) is 0 Å². The van der Waals surface area contributed by atoms with Gasteiger partial charge in [-0.15, -0.1) is 0 Å². The minimum Gasteiger partial charge on any atom is -0.465 e. The predicted molar refractivity (Wildman–Crippen MR) is 121 cm³/mol. The number of ether oxygens (including phenoxy) is 2. The number of hydrogen-bond acceptors (Lipinski definition) is 6. The van der Waals surface area contributed by atoms with E-state index < -0.39 is 11.9 Å². The van der Waals surface area contributed by atoms with Crippen LogP contribution in [0.3, 0.4) is 0 Å². The Hall–Kier alpha value is -4.13. The van der Waals surface area contributed by atoms with Gasteiger partial charge in [-0.1, -0.05) is 36.4 Å². The maximum absolute atomic E-state index is 12.5. The number of esters is 2. The lowest BCUT2D eigenvalue weighted by Crippen LogP contribution is -2.27. The number of nitrogens with zero attached hydrogens (tertiary/aromatic N) is 1. The fraction of sp³-hybridized carbons (Fsp3) is 0.160. The molecule has 0 bridgehead atoms. The highest BCUT2D eigenvalue weighted by Gasteiger charge is 2.27. The molecule has 0 saturated heterocycles. The molecule has 0 atom stereocenters. The molecule has 1 heterocycles. The summed E-state index contributed by atoms with van der Waals surface area (Å²) in [5, 5.41) is 2.90. The largest absolute Gasteiger partial charge is 0.465 e. The quantitative estimate of drug-likeness (QED) is 0.677. The molecule has 1 N–H and O–H groups in total. The number of hydrogen-bond donors (Lipinski definition) is 1. The van der Waals surface area contributed by atoms with Gasteiger partial charge in [0.25, 0.3) is 5.91 Å². The van der Waals surface area contributed by atoms with Crippen molar-refractivity contribution >= 4 is 23.5 Å². The van der Waals surface area contributed by atoms with Crippen LogP contribution in [0.25, 0.3) is 0 Å². The molecule has 0 aliphatic carbocycles. The number of anilines is 1. The summed E-state index contributed by atoms with van der Waals surface area (Å²) in [7, 11) is 2.48. The number of amides is 1. The topological polar surface area (TPSA) is 84.9 Å². The average molecular weight is 432 g/mol. The van der Waals surface area contributed by atoms with Crippen molar-refractivity contribution in [2.45, 2.75) is 6.42 Å². The normalized spacial score (nSPS) is 12.9. The second-order valence-electron chi connectivity index (χ2n) is 6.85. The molecule has 164 valence electrons. The van der Waals surface area contributed by atoms with Crippen LogP contribution in [0, 0.1) is 0 Å². The van der Waals surface area contributed by atoms with Crippen LogP contribution >= 0.6 is 0 Å². The molecule has 1 aliphatic heterocycles. The van der Waals surface area contributed by atoms with E-state index in [-0.39, 0.29) is 17.2 Å². The predicted octanol–water partition coefficient (Wildman–Crippen LogP) is 3.15. The van der Waals surface area contributed by atoms with Crippen molar-refractivity contribution in [2.24, 2.45) is 0 Å². The summed E-state index contributed by atoms with van der Waals surface area (Å²) in [6.07, 6.45) is 7.17. The van der Waals surface area contributed by atoms with Crippen molar-refractivity contribution < 1.29 is 23.9 Å². The maximum Gasteiger partial charge on any atom is 0.355 e. The van der Waals surface area contributed by atoms with Gasteiger partial charge in [0, 0.05) is 24.0 Å². The average Bonchev–Trinajstić information content (AvgIpc) is 3.07. The van der Waals surface area contributed by atoms with E-state index in [2.05, 4.69) is 5.32 Å². The lowest BCUT2D eigenvalue weighted by atomic mass is 10.1. The third-order valence-corrected chi connectivity index (χ3v) is 4.84. The first kappa shape index (κ1) is 22.6. The third kappa shape index (κ3) is 5.31. The number of carbonyl (C=O) groups is 3.